The maximum Gasteiger partial charge on any atom is 0.214 e. The average molecular weight is 318 g/mol. The quantitative estimate of drug-likeness (QED) is 0.688. The van der Waals surface area contributed by atoms with Crippen molar-refractivity contribution in [1.29, 1.82) is 0 Å². The molecule has 0 fully saturated rings. The lowest BCUT2D eigenvalue weighted by atomic mass is 10.2. The van der Waals surface area contributed by atoms with E-state index >= 15 is 0 Å². The van der Waals surface area contributed by atoms with Gasteiger partial charge in [-0.3, -0.25) is 0 Å². The van der Waals surface area contributed by atoms with E-state index in [1.165, 1.54) is 0 Å². The number of hydrogen-bond acceptors (Lipinski definition) is 2. The van der Waals surface area contributed by atoms with Crippen molar-refractivity contribution < 1.29 is 8.42 Å². The molecule has 0 heterocycles. The average Bonchev–Trinajstić information content (AvgIpc) is 2.44. The van der Waals surface area contributed by atoms with Crippen LogP contribution < -0.4 is 0 Å². The highest BCUT2D eigenvalue weighted by atomic mass is 35.5. The summed E-state index contributed by atoms with van der Waals surface area (Å²) in [5.74, 6) is 0.427. The van der Waals surface area contributed by atoms with Crippen LogP contribution in [0.3, 0.4) is 0 Å². The fourth-order valence-electron chi connectivity index (χ4n) is 2.00. The molecule has 5 heteroatoms. The van der Waals surface area contributed by atoms with Gasteiger partial charge in [0.15, 0.2) is 0 Å². The minimum Gasteiger partial charge on any atom is -0.212 e. The second-order valence-corrected chi connectivity index (χ2v) is 7.60. The number of hydrogen-bond donors (Lipinski definition) is 0. The molecule has 0 saturated carbocycles. The van der Waals surface area contributed by atoms with E-state index in [-0.39, 0.29) is 17.7 Å². The summed E-state index contributed by atoms with van der Waals surface area (Å²) in [5, 5.41) is 0. The van der Waals surface area contributed by atoms with Crippen molar-refractivity contribution in [2.24, 2.45) is 5.92 Å². The number of alkyl halides is 1. The van der Waals surface area contributed by atoms with Crippen molar-refractivity contribution in [1.82, 2.24) is 4.31 Å². The molecule has 0 aliphatic carbocycles. The fraction of sp³-hybridized carbons (Fsp3) is 0.600. The van der Waals surface area contributed by atoms with Crippen molar-refractivity contribution in [2.75, 3.05) is 11.6 Å². The van der Waals surface area contributed by atoms with Gasteiger partial charge in [-0.2, -0.15) is 4.31 Å². The maximum absolute atomic E-state index is 12.6. The number of sulfonamides is 1. The zero-order valence-corrected chi connectivity index (χ0v) is 14.0. The highest BCUT2D eigenvalue weighted by Crippen LogP contribution is 2.18. The van der Waals surface area contributed by atoms with Crippen molar-refractivity contribution >= 4 is 21.6 Å². The predicted octanol–water partition coefficient (Wildman–Crippen LogP) is 3.49. The van der Waals surface area contributed by atoms with E-state index in [4.69, 9.17) is 11.6 Å². The summed E-state index contributed by atoms with van der Waals surface area (Å²) in [4.78, 5) is 0. The first kappa shape index (κ1) is 17.5. The largest absolute Gasteiger partial charge is 0.214 e. The van der Waals surface area contributed by atoms with E-state index in [1.54, 1.807) is 4.31 Å². The summed E-state index contributed by atoms with van der Waals surface area (Å²) >= 11 is 5.75. The molecule has 0 amide bonds. The molecule has 20 heavy (non-hydrogen) atoms. The van der Waals surface area contributed by atoms with E-state index in [2.05, 4.69) is 0 Å². The van der Waals surface area contributed by atoms with E-state index in [0.717, 1.165) is 12.0 Å². The van der Waals surface area contributed by atoms with Crippen LogP contribution in [0.1, 0.15) is 32.8 Å². The number of benzene rings is 1. The lowest BCUT2D eigenvalue weighted by Crippen LogP contribution is -2.40. The molecule has 0 bridgehead atoms. The van der Waals surface area contributed by atoms with Crippen LogP contribution in [0.4, 0.5) is 0 Å². The zero-order valence-electron chi connectivity index (χ0n) is 12.4. The van der Waals surface area contributed by atoms with Crippen molar-refractivity contribution in [3.8, 4) is 0 Å². The summed E-state index contributed by atoms with van der Waals surface area (Å²) in [5.41, 5.74) is 1.01. The molecule has 0 aliphatic heterocycles. The van der Waals surface area contributed by atoms with Crippen LogP contribution in [0.25, 0.3) is 0 Å². The third-order valence-corrected chi connectivity index (χ3v) is 6.10. The van der Waals surface area contributed by atoms with Crippen LogP contribution in [0, 0.1) is 5.92 Å². The Morgan fingerprint density at radius 3 is 2.30 bits per heavy atom. The maximum atomic E-state index is 12.6. The minimum absolute atomic E-state index is 0.0114. The van der Waals surface area contributed by atoms with E-state index in [1.807, 2.05) is 51.1 Å². The first-order valence-electron chi connectivity index (χ1n) is 7.00. The highest BCUT2D eigenvalue weighted by molar-refractivity contribution is 7.89. The van der Waals surface area contributed by atoms with Crippen LogP contribution >= 0.6 is 11.6 Å². The van der Waals surface area contributed by atoms with Crippen LogP contribution in [0.5, 0.6) is 0 Å². The smallest absolute Gasteiger partial charge is 0.212 e. The Hall–Kier alpha value is -0.580. The molecule has 3 nitrogen and oxygen atoms in total. The molecule has 0 N–H and O–H groups in total. The van der Waals surface area contributed by atoms with Gasteiger partial charge in [-0.15, -0.1) is 11.6 Å². The first-order chi connectivity index (χ1) is 9.40. The van der Waals surface area contributed by atoms with Gasteiger partial charge in [0.1, 0.15) is 0 Å². The molecular weight excluding hydrogens is 294 g/mol. The van der Waals surface area contributed by atoms with Crippen molar-refractivity contribution in [3.63, 3.8) is 0 Å². The van der Waals surface area contributed by atoms with Crippen molar-refractivity contribution in [3.05, 3.63) is 35.9 Å². The molecular formula is C15H24ClNO2S. The van der Waals surface area contributed by atoms with Gasteiger partial charge in [-0.05, 0) is 24.8 Å². The summed E-state index contributed by atoms with van der Waals surface area (Å²) in [6, 6.07) is 9.69. The Balaban J connectivity index is 2.95. The van der Waals surface area contributed by atoms with Crippen LogP contribution in [-0.2, 0) is 16.6 Å². The third-order valence-electron chi connectivity index (χ3n) is 3.38. The third kappa shape index (κ3) is 5.08. The van der Waals surface area contributed by atoms with Gasteiger partial charge >= 0.3 is 0 Å². The van der Waals surface area contributed by atoms with Gasteiger partial charge in [-0.1, -0.05) is 44.2 Å². The Morgan fingerprint density at radius 2 is 1.80 bits per heavy atom. The van der Waals surface area contributed by atoms with Gasteiger partial charge in [0.2, 0.25) is 10.0 Å². The summed E-state index contributed by atoms with van der Waals surface area (Å²) < 4.78 is 26.7. The van der Waals surface area contributed by atoms with Gasteiger partial charge in [0, 0.05) is 18.5 Å². The Labute approximate surface area is 128 Å². The monoisotopic (exact) mass is 317 g/mol. The summed E-state index contributed by atoms with van der Waals surface area (Å²) in [7, 11) is -3.29. The molecule has 0 spiro atoms. The molecule has 0 saturated heterocycles. The molecule has 0 aliphatic rings. The number of rotatable bonds is 8. The lowest BCUT2D eigenvalue weighted by molar-refractivity contribution is 0.321. The molecule has 2 atom stereocenters. The molecule has 0 radical (unpaired) electrons. The van der Waals surface area contributed by atoms with Crippen molar-refractivity contribution in [2.45, 2.75) is 39.8 Å². The zero-order chi connectivity index (χ0) is 15.2. The van der Waals surface area contributed by atoms with Crippen LogP contribution in [0.15, 0.2) is 30.3 Å². The fourth-order valence-corrected chi connectivity index (χ4v) is 4.31. The SMILES string of the molecule is CCC(C)N(Cc1ccccc1)S(=O)(=O)CC(C)CCl. The highest BCUT2D eigenvalue weighted by Gasteiger charge is 2.28. The second-order valence-electron chi connectivity index (χ2n) is 5.33. The molecule has 0 aromatic heterocycles. The molecule has 1 aromatic rings. The summed E-state index contributed by atoms with van der Waals surface area (Å²) in [6.07, 6.45) is 0.793. The second kappa shape index (κ2) is 8.01. The van der Waals surface area contributed by atoms with Gasteiger partial charge < -0.3 is 0 Å². The number of nitrogens with zero attached hydrogens (tertiary/aromatic N) is 1. The molecule has 2 unspecified atom stereocenters. The van der Waals surface area contributed by atoms with Crippen LogP contribution in [0.2, 0.25) is 0 Å². The lowest BCUT2D eigenvalue weighted by Gasteiger charge is -2.28. The number of halogens is 1. The minimum atomic E-state index is -3.29. The molecule has 114 valence electrons. The standard InChI is InChI=1S/C15H24ClNO2S/c1-4-14(3)17(11-15-8-6-5-7-9-15)20(18,19)12-13(2)10-16/h5-9,13-14H,4,10-12H2,1-3H3. The van der Waals surface area contributed by atoms with Gasteiger partial charge in [0.05, 0.1) is 5.75 Å². The Morgan fingerprint density at radius 1 is 1.20 bits per heavy atom. The normalized spacial score (nSPS) is 15.2. The van der Waals surface area contributed by atoms with Gasteiger partial charge in [-0.25, -0.2) is 8.42 Å². The topological polar surface area (TPSA) is 37.4 Å². The van der Waals surface area contributed by atoms with E-state index in [9.17, 15) is 8.42 Å². The first-order valence-corrected chi connectivity index (χ1v) is 9.14. The predicted molar refractivity (Wildman–Crippen MR) is 85.4 cm³/mol. The van der Waals surface area contributed by atoms with E-state index < -0.39 is 10.0 Å². The summed E-state index contributed by atoms with van der Waals surface area (Å²) in [6.45, 7) is 6.24. The van der Waals surface area contributed by atoms with Crippen LogP contribution in [-0.4, -0.2) is 30.4 Å². The Bertz CT molecular complexity index is 490. The molecule has 1 aromatic carbocycles. The molecule has 1 rings (SSSR count). The Kier molecular flexibility index (Phi) is 7.00. The van der Waals surface area contributed by atoms with E-state index in [0.29, 0.717) is 12.4 Å². The van der Waals surface area contributed by atoms with Gasteiger partial charge in [0.25, 0.3) is 0 Å².